The van der Waals surface area contributed by atoms with Crippen LogP contribution in [0.25, 0.3) is 0 Å². The molecule has 2 atom stereocenters. The second kappa shape index (κ2) is 19.8. The lowest BCUT2D eigenvalue weighted by Gasteiger charge is -2.22. The van der Waals surface area contributed by atoms with E-state index in [1.807, 2.05) is 34.1 Å². The Bertz CT molecular complexity index is 1510. The van der Waals surface area contributed by atoms with Crippen molar-refractivity contribution in [1.82, 2.24) is 9.80 Å². The van der Waals surface area contributed by atoms with E-state index in [9.17, 15) is 19.2 Å². The summed E-state index contributed by atoms with van der Waals surface area (Å²) in [4.78, 5) is 50.2. The first kappa shape index (κ1) is 38.5. The van der Waals surface area contributed by atoms with Gasteiger partial charge in [0.25, 0.3) is 0 Å². The highest BCUT2D eigenvalue weighted by atomic mass is 16.4. The molecule has 52 heavy (non-hydrogen) atoms. The quantitative estimate of drug-likeness (QED) is 0.228. The Morgan fingerprint density at radius 3 is 1.27 bits per heavy atom. The molecule has 0 unspecified atom stereocenters. The lowest BCUT2D eigenvalue weighted by Crippen LogP contribution is -2.33. The van der Waals surface area contributed by atoms with Crippen LogP contribution in [0.15, 0.2) is 96.1 Å². The highest BCUT2D eigenvalue weighted by Crippen LogP contribution is 2.26. The van der Waals surface area contributed by atoms with Gasteiger partial charge in [-0.05, 0) is 112 Å². The summed E-state index contributed by atoms with van der Waals surface area (Å²) < 4.78 is 0. The number of rotatable bonds is 12. The Balaban J connectivity index is 0.000000201. The van der Waals surface area contributed by atoms with E-state index in [0.29, 0.717) is 37.1 Å². The molecule has 2 aliphatic carbocycles. The van der Waals surface area contributed by atoms with E-state index < -0.39 is 11.9 Å². The lowest BCUT2D eigenvalue weighted by atomic mass is 9.94. The Kier molecular flexibility index (Phi) is 14.6. The molecule has 0 bridgehead atoms. The molecule has 2 amide bonds. The molecule has 2 aliphatic heterocycles. The summed E-state index contributed by atoms with van der Waals surface area (Å²) in [6.07, 6.45) is 30.3. The average Bonchev–Trinajstić information content (AvgIpc) is 3.70. The van der Waals surface area contributed by atoms with Crippen molar-refractivity contribution in [1.29, 1.82) is 0 Å². The molecule has 2 aromatic rings. The van der Waals surface area contributed by atoms with Crippen molar-refractivity contribution in [2.45, 2.75) is 115 Å². The normalized spacial score (nSPS) is 20.8. The number of amides is 2. The number of likely N-dealkylation sites (tertiary alicyclic amines) is 2. The van der Waals surface area contributed by atoms with Gasteiger partial charge in [-0.3, -0.25) is 9.59 Å². The summed E-state index contributed by atoms with van der Waals surface area (Å²) in [6, 6.07) is 14.2. The topological polar surface area (TPSA) is 115 Å². The van der Waals surface area contributed by atoms with Gasteiger partial charge in [0.2, 0.25) is 11.8 Å². The van der Waals surface area contributed by atoms with Crippen LogP contribution < -0.4 is 0 Å². The zero-order valence-electron chi connectivity index (χ0n) is 30.4. The van der Waals surface area contributed by atoms with Gasteiger partial charge >= 0.3 is 11.9 Å². The van der Waals surface area contributed by atoms with E-state index in [1.54, 1.807) is 24.3 Å². The van der Waals surface area contributed by atoms with Crippen LogP contribution in [-0.4, -0.2) is 68.9 Å². The molecule has 2 saturated carbocycles. The minimum atomic E-state index is -0.913. The summed E-state index contributed by atoms with van der Waals surface area (Å²) in [5.74, 6) is -1.40. The van der Waals surface area contributed by atoms with E-state index in [0.717, 1.165) is 36.8 Å². The number of carboxylic acid groups (broad SMARTS) is 2. The van der Waals surface area contributed by atoms with E-state index in [2.05, 4.69) is 36.5 Å². The standard InChI is InChI=1S/2C22H27NO3/c2*24-21-14-13-20(8-4-7-17-5-2-1-3-6-17)23(21)16-15-18-9-11-19(12-10-18)22(25)26/h2*4,7-12,20H,1-3,5-6,13-16H2,(H,25,26)/b8-4+;8-4-/t2*20-/m00/s1. The summed E-state index contributed by atoms with van der Waals surface area (Å²) in [7, 11) is 0. The number of hydrogen-bond acceptors (Lipinski definition) is 4. The van der Waals surface area contributed by atoms with Gasteiger partial charge in [-0.1, -0.05) is 84.7 Å². The zero-order chi connectivity index (χ0) is 36.7. The SMILES string of the molecule is O=C(O)c1ccc(CCN2C(=O)CC[C@@H]2/C=C/C=C2CCCCC2)cc1.O=C(O)c1ccc(CCN2C(=O)CC[C@@H]2/C=C\C=C2CCCCC2)cc1. The Morgan fingerprint density at radius 1 is 0.558 bits per heavy atom. The van der Waals surface area contributed by atoms with Crippen LogP contribution in [0.3, 0.4) is 0 Å². The Morgan fingerprint density at radius 2 is 0.923 bits per heavy atom. The van der Waals surface area contributed by atoms with Gasteiger partial charge in [-0.15, -0.1) is 0 Å². The van der Waals surface area contributed by atoms with Crippen molar-refractivity contribution in [3.8, 4) is 0 Å². The molecule has 0 radical (unpaired) electrons. The third-order valence-corrected chi connectivity index (χ3v) is 10.8. The molecule has 2 heterocycles. The number of aromatic carboxylic acids is 2. The smallest absolute Gasteiger partial charge is 0.335 e. The molecule has 2 aromatic carbocycles. The van der Waals surface area contributed by atoms with E-state index in [1.165, 1.54) is 75.4 Å². The Hall–Kier alpha value is -4.72. The number of benzene rings is 2. The van der Waals surface area contributed by atoms with E-state index in [-0.39, 0.29) is 23.9 Å². The molecule has 2 N–H and O–H groups in total. The number of carboxylic acids is 2. The van der Waals surface area contributed by atoms with Crippen molar-refractivity contribution in [3.63, 3.8) is 0 Å². The Labute approximate surface area is 308 Å². The fraction of sp³-hybridized carbons (Fsp3) is 0.455. The van der Waals surface area contributed by atoms with Crippen molar-refractivity contribution in [2.75, 3.05) is 13.1 Å². The van der Waals surface area contributed by atoms with Crippen LogP contribution in [-0.2, 0) is 22.4 Å². The predicted octanol–water partition coefficient (Wildman–Crippen LogP) is 8.73. The third kappa shape index (κ3) is 11.7. The second-order valence-electron chi connectivity index (χ2n) is 14.4. The molecular weight excluding hydrogens is 652 g/mol. The lowest BCUT2D eigenvalue weighted by molar-refractivity contribution is -0.129. The van der Waals surface area contributed by atoms with E-state index in [4.69, 9.17) is 10.2 Å². The average molecular weight is 707 g/mol. The molecule has 2 saturated heterocycles. The first-order chi connectivity index (χ1) is 25.3. The molecule has 0 spiro atoms. The first-order valence-electron chi connectivity index (χ1n) is 19.2. The van der Waals surface area contributed by atoms with Crippen molar-refractivity contribution in [3.05, 3.63) is 118 Å². The number of hydrogen-bond donors (Lipinski definition) is 2. The van der Waals surface area contributed by atoms with Gasteiger partial charge in [-0.2, -0.15) is 0 Å². The van der Waals surface area contributed by atoms with Gasteiger partial charge in [0.15, 0.2) is 0 Å². The molecular formula is C44H54N2O6. The molecule has 0 aromatic heterocycles. The fourth-order valence-electron chi connectivity index (χ4n) is 7.60. The largest absolute Gasteiger partial charge is 0.478 e. The molecule has 4 aliphatic rings. The maximum absolute atomic E-state index is 12.2. The summed E-state index contributed by atoms with van der Waals surface area (Å²) in [5, 5.41) is 17.9. The molecule has 276 valence electrons. The van der Waals surface area contributed by atoms with Crippen molar-refractivity contribution >= 4 is 23.8 Å². The summed E-state index contributed by atoms with van der Waals surface area (Å²) in [6.45, 7) is 1.35. The maximum Gasteiger partial charge on any atom is 0.335 e. The predicted molar refractivity (Wildman–Crippen MR) is 204 cm³/mol. The second-order valence-corrected chi connectivity index (χ2v) is 14.4. The van der Waals surface area contributed by atoms with Crippen molar-refractivity contribution in [2.24, 2.45) is 0 Å². The van der Waals surface area contributed by atoms with Gasteiger partial charge in [-0.25, -0.2) is 9.59 Å². The van der Waals surface area contributed by atoms with Crippen LogP contribution in [0.5, 0.6) is 0 Å². The minimum Gasteiger partial charge on any atom is -0.478 e. The number of nitrogens with zero attached hydrogens (tertiary/aromatic N) is 2. The minimum absolute atomic E-state index is 0.182. The molecule has 4 fully saturated rings. The highest BCUT2D eigenvalue weighted by molar-refractivity contribution is 5.88. The monoisotopic (exact) mass is 706 g/mol. The number of allylic oxidation sites excluding steroid dienone is 6. The fourth-order valence-corrected chi connectivity index (χ4v) is 7.60. The summed E-state index contributed by atoms with van der Waals surface area (Å²) in [5.41, 5.74) is 5.76. The highest BCUT2D eigenvalue weighted by Gasteiger charge is 2.29. The van der Waals surface area contributed by atoms with Crippen LogP contribution in [0.4, 0.5) is 0 Å². The zero-order valence-corrected chi connectivity index (χ0v) is 30.4. The van der Waals surface area contributed by atoms with E-state index >= 15 is 0 Å². The van der Waals surface area contributed by atoms with Gasteiger partial charge in [0.1, 0.15) is 0 Å². The molecule has 8 heteroatoms. The van der Waals surface area contributed by atoms with Crippen LogP contribution in [0.1, 0.15) is 122 Å². The van der Waals surface area contributed by atoms with Crippen LogP contribution >= 0.6 is 0 Å². The van der Waals surface area contributed by atoms with Crippen molar-refractivity contribution < 1.29 is 29.4 Å². The summed E-state index contributed by atoms with van der Waals surface area (Å²) >= 11 is 0. The maximum atomic E-state index is 12.2. The molecule has 6 rings (SSSR count). The van der Waals surface area contributed by atoms with Gasteiger partial charge in [0, 0.05) is 25.9 Å². The molecule has 8 nitrogen and oxygen atoms in total. The van der Waals surface area contributed by atoms with Gasteiger partial charge in [0.05, 0.1) is 23.2 Å². The third-order valence-electron chi connectivity index (χ3n) is 10.8. The number of carbonyl (C=O) groups excluding carboxylic acids is 2. The van der Waals surface area contributed by atoms with Crippen LogP contribution in [0.2, 0.25) is 0 Å². The van der Waals surface area contributed by atoms with Gasteiger partial charge < -0.3 is 20.0 Å². The number of carbonyl (C=O) groups is 4. The first-order valence-corrected chi connectivity index (χ1v) is 19.2. The van der Waals surface area contributed by atoms with Crippen LogP contribution in [0, 0.1) is 0 Å².